The van der Waals surface area contributed by atoms with Gasteiger partial charge in [-0.15, -0.1) is 0 Å². The van der Waals surface area contributed by atoms with E-state index in [9.17, 15) is 0 Å². The van der Waals surface area contributed by atoms with E-state index in [0.717, 1.165) is 24.1 Å². The molecule has 116 valence electrons. The Morgan fingerprint density at radius 3 is 2.52 bits per heavy atom. The molecule has 2 aliphatic rings. The predicted octanol–water partition coefficient (Wildman–Crippen LogP) is 4.70. The van der Waals surface area contributed by atoms with Crippen LogP contribution in [-0.2, 0) is 0 Å². The van der Waals surface area contributed by atoms with Crippen LogP contribution in [0.2, 0.25) is 0 Å². The third-order valence-corrected chi connectivity index (χ3v) is 4.94. The van der Waals surface area contributed by atoms with Crippen LogP contribution < -0.4 is 10.1 Å². The van der Waals surface area contributed by atoms with Gasteiger partial charge in [0.25, 0.3) is 0 Å². The van der Waals surface area contributed by atoms with Gasteiger partial charge in [0.15, 0.2) is 0 Å². The van der Waals surface area contributed by atoms with Crippen LogP contribution in [0.5, 0.6) is 5.75 Å². The van der Waals surface area contributed by atoms with E-state index in [-0.39, 0.29) is 0 Å². The van der Waals surface area contributed by atoms with Crippen molar-refractivity contribution in [3.05, 3.63) is 29.8 Å². The highest BCUT2D eigenvalue weighted by Gasteiger charge is 2.27. The van der Waals surface area contributed by atoms with Crippen LogP contribution >= 0.6 is 0 Å². The Morgan fingerprint density at radius 2 is 1.90 bits per heavy atom. The van der Waals surface area contributed by atoms with E-state index in [4.69, 9.17) is 4.74 Å². The lowest BCUT2D eigenvalue weighted by Gasteiger charge is -2.34. The molecular weight excluding hydrogens is 258 g/mol. The SMILES string of the molecule is CCNC(c1ccc(OC2CC2)cc1)C1CCCC(C)C1. The van der Waals surface area contributed by atoms with E-state index in [1.165, 1.54) is 44.1 Å². The minimum Gasteiger partial charge on any atom is -0.490 e. The quantitative estimate of drug-likeness (QED) is 0.818. The Hall–Kier alpha value is -1.02. The smallest absolute Gasteiger partial charge is 0.119 e. The summed E-state index contributed by atoms with van der Waals surface area (Å²) in [5.74, 6) is 2.69. The Balaban J connectivity index is 1.69. The molecule has 1 aromatic carbocycles. The molecule has 3 atom stereocenters. The highest BCUT2D eigenvalue weighted by molar-refractivity contribution is 5.30. The zero-order chi connectivity index (χ0) is 14.7. The van der Waals surface area contributed by atoms with Crippen molar-refractivity contribution in [3.8, 4) is 5.75 Å². The summed E-state index contributed by atoms with van der Waals surface area (Å²) < 4.78 is 5.86. The lowest BCUT2D eigenvalue weighted by atomic mass is 9.76. The first-order valence-electron chi connectivity index (χ1n) is 8.76. The van der Waals surface area contributed by atoms with Crippen molar-refractivity contribution < 1.29 is 4.74 Å². The normalized spacial score (nSPS) is 27.3. The van der Waals surface area contributed by atoms with Gasteiger partial charge in [0, 0.05) is 6.04 Å². The highest BCUT2D eigenvalue weighted by Crippen LogP contribution is 2.37. The van der Waals surface area contributed by atoms with E-state index in [2.05, 4.69) is 43.4 Å². The number of ether oxygens (including phenoxy) is 1. The Bertz CT molecular complexity index is 437. The fraction of sp³-hybridized carbons (Fsp3) is 0.684. The largest absolute Gasteiger partial charge is 0.490 e. The van der Waals surface area contributed by atoms with Gasteiger partial charge in [-0.25, -0.2) is 0 Å². The van der Waals surface area contributed by atoms with Gasteiger partial charge in [0.2, 0.25) is 0 Å². The maximum atomic E-state index is 5.86. The summed E-state index contributed by atoms with van der Waals surface area (Å²) in [6.07, 6.45) is 8.45. The maximum Gasteiger partial charge on any atom is 0.119 e. The number of nitrogens with one attached hydrogen (secondary N) is 1. The number of rotatable bonds is 6. The van der Waals surface area contributed by atoms with E-state index in [1.54, 1.807) is 0 Å². The molecule has 0 bridgehead atoms. The van der Waals surface area contributed by atoms with Crippen LogP contribution in [0.15, 0.2) is 24.3 Å². The van der Waals surface area contributed by atoms with Crippen molar-refractivity contribution in [2.45, 2.75) is 64.5 Å². The number of hydrogen-bond acceptors (Lipinski definition) is 2. The standard InChI is InChI=1S/C19H29NO/c1-3-20-19(16-6-4-5-14(2)13-16)15-7-9-17(10-8-15)21-18-11-12-18/h7-10,14,16,18-20H,3-6,11-13H2,1-2H3. The fourth-order valence-corrected chi connectivity index (χ4v) is 3.69. The molecule has 0 spiro atoms. The molecule has 1 aromatic rings. The van der Waals surface area contributed by atoms with Crippen molar-refractivity contribution in [1.29, 1.82) is 0 Å². The highest BCUT2D eigenvalue weighted by atomic mass is 16.5. The van der Waals surface area contributed by atoms with Gasteiger partial charge in [-0.2, -0.15) is 0 Å². The van der Waals surface area contributed by atoms with Gasteiger partial charge < -0.3 is 10.1 Å². The molecule has 2 saturated carbocycles. The minimum absolute atomic E-state index is 0.486. The van der Waals surface area contributed by atoms with Crippen molar-refractivity contribution in [2.75, 3.05) is 6.54 Å². The summed E-state index contributed by atoms with van der Waals surface area (Å²) in [5.41, 5.74) is 1.43. The van der Waals surface area contributed by atoms with E-state index in [0.29, 0.717) is 12.1 Å². The molecule has 2 nitrogen and oxygen atoms in total. The van der Waals surface area contributed by atoms with Crippen LogP contribution in [0.1, 0.15) is 64.0 Å². The Morgan fingerprint density at radius 1 is 1.14 bits per heavy atom. The van der Waals surface area contributed by atoms with Crippen LogP contribution in [0, 0.1) is 11.8 Å². The molecule has 0 saturated heterocycles. The second kappa shape index (κ2) is 6.83. The van der Waals surface area contributed by atoms with Gasteiger partial charge in [0.1, 0.15) is 5.75 Å². The molecule has 2 heteroatoms. The van der Waals surface area contributed by atoms with Crippen molar-refractivity contribution in [2.24, 2.45) is 11.8 Å². The first-order chi connectivity index (χ1) is 10.3. The van der Waals surface area contributed by atoms with Crippen molar-refractivity contribution in [3.63, 3.8) is 0 Å². The van der Waals surface area contributed by atoms with E-state index < -0.39 is 0 Å². The predicted molar refractivity (Wildman–Crippen MR) is 87.6 cm³/mol. The molecule has 0 radical (unpaired) electrons. The van der Waals surface area contributed by atoms with Gasteiger partial charge in [-0.1, -0.05) is 38.8 Å². The summed E-state index contributed by atoms with van der Waals surface area (Å²) >= 11 is 0. The van der Waals surface area contributed by atoms with E-state index >= 15 is 0 Å². The van der Waals surface area contributed by atoms with Crippen molar-refractivity contribution in [1.82, 2.24) is 5.32 Å². The van der Waals surface area contributed by atoms with Gasteiger partial charge in [-0.05, 0) is 61.8 Å². The fourth-order valence-electron chi connectivity index (χ4n) is 3.69. The third kappa shape index (κ3) is 4.00. The van der Waals surface area contributed by atoms with E-state index in [1.807, 2.05) is 0 Å². The van der Waals surface area contributed by atoms with Gasteiger partial charge in [-0.3, -0.25) is 0 Å². The second-order valence-electron chi connectivity index (χ2n) is 6.95. The second-order valence-corrected chi connectivity index (χ2v) is 6.95. The summed E-state index contributed by atoms with van der Waals surface area (Å²) in [4.78, 5) is 0. The van der Waals surface area contributed by atoms with Crippen LogP contribution in [0.3, 0.4) is 0 Å². The van der Waals surface area contributed by atoms with Crippen LogP contribution in [0.25, 0.3) is 0 Å². The molecule has 2 fully saturated rings. The minimum atomic E-state index is 0.486. The topological polar surface area (TPSA) is 21.3 Å². The van der Waals surface area contributed by atoms with Crippen LogP contribution in [0.4, 0.5) is 0 Å². The molecule has 3 rings (SSSR count). The molecule has 0 amide bonds. The number of benzene rings is 1. The molecule has 0 aromatic heterocycles. The molecule has 3 unspecified atom stereocenters. The molecule has 1 N–H and O–H groups in total. The summed E-state index contributed by atoms with van der Waals surface area (Å²) in [5, 5.41) is 3.72. The van der Waals surface area contributed by atoms with Crippen LogP contribution in [-0.4, -0.2) is 12.6 Å². The van der Waals surface area contributed by atoms with Gasteiger partial charge >= 0.3 is 0 Å². The summed E-state index contributed by atoms with van der Waals surface area (Å²) in [6, 6.07) is 9.36. The first kappa shape index (κ1) is 14.9. The first-order valence-corrected chi connectivity index (χ1v) is 8.76. The molecule has 0 heterocycles. The Labute approximate surface area is 129 Å². The average molecular weight is 287 g/mol. The van der Waals surface area contributed by atoms with Crippen molar-refractivity contribution >= 4 is 0 Å². The van der Waals surface area contributed by atoms with Gasteiger partial charge in [0.05, 0.1) is 6.10 Å². The monoisotopic (exact) mass is 287 g/mol. The molecular formula is C19H29NO. The summed E-state index contributed by atoms with van der Waals surface area (Å²) in [7, 11) is 0. The zero-order valence-corrected chi connectivity index (χ0v) is 13.5. The molecule has 21 heavy (non-hydrogen) atoms. The Kier molecular flexibility index (Phi) is 4.84. The third-order valence-electron chi connectivity index (χ3n) is 4.94. The summed E-state index contributed by atoms with van der Waals surface area (Å²) in [6.45, 7) is 5.65. The molecule has 0 aliphatic heterocycles. The average Bonchev–Trinajstić information content (AvgIpc) is 3.30. The maximum absolute atomic E-state index is 5.86. The zero-order valence-electron chi connectivity index (χ0n) is 13.5. The lowest BCUT2D eigenvalue weighted by Crippen LogP contribution is -2.31. The number of hydrogen-bond donors (Lipinski definition) is 1. The molecule has 2 aliphatic carbocycles. The lowest BCUT2D eigenvalue weighted by molar-refractivity contribution is 0.225.